The molecule has 1 aliphatic carbocycles. The minimum atomic E-state index is -4.49. The van der Waals surface area contributed by atoms with Crippen LogP contribution >= 0.6 is 0 Å². The highest BCUT2D eigenvalue weighted by Crippen LogP contribution is 2.40. The maximum absolute atomic E-state index is 13.4. The minimum Gasteiger partial charge on any atom is -0.332 e. The second kappa shape index (κ2) is 14.5. The smallest absolute Gasteiger partial charge is 0.332 e. The third kappa shape index (κ3) is 7.85. The summed E-state index contributed by atoms with van der Waals surface area (Å²) in [5.74, 6) is 7.44. The molecule has 0 spiro atoms. The van der Waals surface area contributed by atoms with Crippen molar-refractivity contribution < 1.29 is 22.8 Å². The molecule has 1 aromatic heterocycles. The van der Waals surface area contributed by atoms with Crippen LogP contribution in [0.15, 0.2) is 48.8 Å². The van der Waals surface area contributed by atoms with Crippen LogP contribution in [0.1, 0.15) is 78.3 Å². The quantitative estimate of drug-likeness (QED) is 0.393. The molecule has 2 aliphatic heterocycles. The van der Waals surface area contributed by atoms with Gasteiger partial charge in [-0.3, -0.25) is 9.59 Å². The van der Waals surface area contributed by atoms with E-state index in [1.807, 2.05) is 11.6 Å². The number of hydrogen-bond donors (Lipinski definition) is 1. The van der Waals surface area contributed by atoms with Gasteiger partial charge in [0.1, 0.15) is 12.2 Å². The molecule has 6 rings (SSSR count). The molecule has 0 unspecified atom stereocenters. The largest absolute Gasteiger partial charge is 0.416 e. The summed E-state index contributed by atoms with van der Waals surface area (Å²) < 4.78 is 42.1. The van der Waals surface area contributed by atoms with Gasteiger partial charge < -0.3 is 19.7 Å². The molecule has 2 fully saturated rings. The Hall–Kier alpha value is -4.17. The van der Waals surface area contributed by atoms with Crippen molar-refractivity contribution in [3.8, 4) is 11.8 Å². The predicted octanol–water partition coefficient (Wildman–Crippen LogP) is 5.55. The third-order valence-electron chi connectivity index (χ3n) is 7.97. The van der Waals surface area contributed by atoms with Crippen molar-refractivity contribution in [1.29, 1.82) is 0 Å². The zero-order valence-electron chi connectivity index (χ0n) is 25.6. The molecule has 44 heavy (non-hydrogen) atoms. The highest BCUT2D eigenvalue weighted by Gasteiger charge is 2.40. The molecule has 1 saturated carbocycles. The summed E-state index contributed by atoms with van der Waals surface area (Å²) >= 11 is 0. The van der Waals surface area contributed by atoms with Gasteiger partial charge in [0, 0.05) is 43.9 Å². The van der Waals surface area contributed by atoms with Crippen LogP contribution < -0.4 is 10.2 Å². The molecule has 0 atom stereocenters. The average molecular weight is 609 g/mol. The molecule has 3 aliphatic rings. The number of likely N-dealkylation sites (tertiary alicyclic amines) is 1. The number of anilines is 1. The Bertz CT molecular complexity index is 1500. The normalized spacial score (nSPS) is 18.7. The number of nitrogens with zero attached hydrogens (tertiary/aromatic N) is 5. The van der Waals surface area contributed by atoms with Crippen molar-refractivity contribution in [2.45, 2.75) is 64.7 Å². The molecule has 0 bridgehead atoms. The van der Waals surface area contributed by atoms with Crippen molar-refractivity contribution in [2.75, 3.05) is 25.0 Å². The SMILES string of the molecule is CC#CC(=O)N1CCCC1.CC1CC(c2nncn2C)C1.CNCc1cc2c(c(C(F)(F)F)c1)CN(c1ccccc1)C2=O. The Balaban J connectivity index is 0.000000174. The van der Waals surface area contributed by atoms with Crippen LogP contribution in [0.25, 0.3) is 0 Å². The molecular weight excluding hydrogens is 569 g/mol. The fourth-order valence-corrected chi connectivity index (χ4v) is 5.72. The second-order valence-electron chi connectivity index (χ2n) is 11.4. The number of aromatic nitrogens is 3. The number of hydrogen-bond acceptors (Lipinski definition) is 5. The number of carbonyl (C=O) groups is 2. The maximum Gasteiger partial charge on any atom is 0.416 e. The van der Waals surface area contributed by atoms with E-state index < -0.39 is 17.6 Å². The van der Waals surface area contributed by atoms with Gasteiger partial charge in [0.25, 0.3) is 11.8 Å². The first-order valence-electron chi connectivity index (χ1n) is 14.8. The summed E-state index contributed by atoms with van der Waals surface area (Å²) in [5, 5.41) is 10.8. The first kappa shape index (κ1) is 32.7. The number of carbonyl (C=O) groups excluding carboxylic acids is 2. The number of fused-ring (bicyclic) bond motifs is 1. The summed E-state index contributed by atoms with van der Waals surface area (Å²) in [7, 11) is 3.66. The maximum atomic E-state index is 13.4. The van der Waals surface area contributed by atoms with E-state index in [1.54, 1.807) is 61.6 Å². The summed E-state index contributed by atoms with van der Waals surface area (Å²) in [6.45, 7) is 5.98. The first-order chi connectivity index (χ1) is 21.0. The van der Waals surface area contributed by atoms with Crippen LogP contribution in [0, 0.1) is 17.8 Å². The summed E-state index contributed by atoms with van der Waals surface area (Å²) in [4.78, 5) is 26.7. The van der Waals surface area contributed by atoms with Gasteiger partial charge in [-0.15, -0.1) is 10.2 Å². The van der Waals surface area contributed by atoms with Crippen molar-refractivity contribution >= 4 is 17.5 Å². The van der Waals surface area contributed by atoms with Crippen LogP contribution in [0.2, 0.25) is 0 Å². The molecule has 0 radical (unpaired) electrons. The minimum absolute atomic E-state index is 0.0139. The summed E-state index contributed by atoms with van der Waals surface area (Å²) in [5.41, 5.74) is 0.492. The third-order valence-corrected chi connectivity index (χ3v) is 7.97. The standard InChI is InChI=1S/C17H15F3N2O.C8H13N3.C8H11NO/c1-21-9-11-7-13-14(15(8-11)17(18,19)20)10-22(16(13)23)12-5-3-2-4-6-12;1-6-3-7(4-6)8-10-9-5-11(8)2;1-2-5-8(10)9-6-3-4-7-9/h2-8,21H,9-10H2,1H3;5-7H,3-4H2,1-2H3;3-4,6-7H2,1H3. The number of halogens is 3. The highest BCUT2D eigenvalue weighted by atomic mass is 19.4. The van der Waals surface area contributed by atoms with E-state index in [0.717, 1.165) is 43.7 Å². The molecule has 3 heterocycles. The molecular formula is C33H39F3N6O2. The van der Waals surface area contributed by atoms with Gasteiger partial charge in [-0.2, -0.15) is 13.2 Å². The van der Waals surface area contributed by atoms with E-state index in [4.69, 9.17) is 0 Å². The highest BCUT2D eigenvalue weighted by molar-refractivity contribution is 6.10. The van der Waals surface area contributed by atoms with Gasteiger partial charge in [-0.25, -0.2) is 0 Å². The van der Waals surface area contributed by atoms with Crippen LogP contribution in [-0.2, 0) is 31.1 Å². The van der Waals surface area contributed by atoms with Crippen LogP contribution in [0.3, 0.4) is 0 Å². The van der Waals surface area contributed by atoms with Crippen molar-refractivity contribution in [2.24, 2.45) is 13.0 Å². The number of amides is 2. The van der Waals surface area contributed by atoms with E-state index in [0.29, 0.717) is 17.2 Å². The van der Waals surface area contributed by atoms with Gasteiger partial charge in [-0.05, 0) is 86.9 Å². The summed E-state index contributed by atoms with van der Waals surface area (Å²) in [6, 6.07) is 11.4. The van der Waals surface area contributed by atoms with Crippen LogP contribution in [0.5, 0.6) is 0 Å². The average Bonchev–Trinajstić information content (AvgIpc) is 3.73. The van der Waals surface area contributed by atoms with Crippen LogP contribution in [-0.4, -0.2) is 51.6 Å². The molecule has 1 saturated heterocycles. The number of nitrogens with one attached hydrogen (secondary N) is 1. The lowest BCUT2D eigenvalue weighted by molar-refractivity contribution is -0.138. The molecule has 2 aromatic carbocycles. The lowest BCUT2D eigenvalue weighted by atomic mass is 9.76. The summed E-state index contributed by atoms with van der Waals surface area (Å²) in [6.07, 6.45) is 2.13. The number of aryl methyl sites for hydroxylation is 1. The zero-order chi connectivity index (χ0) is 31.9. The Morgan fingerprint density at radius 3 is 2.34 bits per heavy atom. The predicted molar refractivity (Wildman–Crippen MR) is 163 cm³/mol. The Labute approximate surface area is 256 Å². The molecule has 1 N–H and O–H groups in total. The Kier molecular flexibility index (Phi) is 10.8. The van der Waals surface area contributed by atoms with E-state index in [2.05, 4.69) is 34.3 Å². The molecule has 234 valence electrons. The van der Waals surface area contributed by atoms with Gasteiger partial charge in [0.05, 0.1) is 12.1 Å². The monoisotopic (exact) mass is 608 g/mol. The van der Waals surface area contributed by atoms with E-state index in [-0.39, 0.29) is 30.1 Å². The molecule has 3 aromatic rings. The molecule has 11 heteroatoms. The topological polar surface area (TPSA) is 83.4 Å². The lowest BCUT2D eigenvalue weighted by Gasteiger charge is -2.31. The van der Waals surface area contributed by atoms with E-state index >= 15 is 0 Å². The second-order valence-corrected chi connectivity index (χ2v) is 11.4. The van der Waals surface area contributed by atoms with E-state index in [9.17, 15) is 22.8 Å². The molecule has 2 amide bonds. The van der Waals surface area contributed by atoms with Gasteiger partial charge in [0.15, 0.2) is 0 Å². The Morgan fingerprint density at radius 1 is 1.11 bits per heavy atom. The fourth-order valence-electron chi connectivity index (χ4n) is 5.72. The fraction of sp³-hybridized carbons (Fsp3) is 0.455. The van der Waals surface area contributed by atoms with Gasteiger partial charge >= 0.3 is 6.18 Å². The lowest BCUT2D eigenvalue weighted by Crippen LogP contribution is -2.25. The van der Waals surface area contributed by atoms with Crippen molar-refractivity contribution in [3.63, 3.8) is 0 Å². The number of alkyl halides is 3. The number of benzene rings is 2. The number of para-hydroxylation sites is 1. The molecule has 8 nitrogen and oxygen atoms in total. The number of rotatable bonds is 4. The van der Waals surface area contributed by atoms with Crippen LogP contribution in [0.4, 0.5) is 18.9 Å². The van der Waals surface area contributed by atoms with E-state index in [1.165, 1.54) is 17.7 Å². The van der Waals surface area contributed by atoms with Crippen molar-refractivity contribution in [1.82, 2.24) is 25.0 Å². The Morgan fingerprint density at radius 2 is 1.80 bits per heavy atom. The van der Waals surface area contributed by atoms with Gasteiger partial charge in [-0.1, -0.05) is 31.0 Å². The first-order valence-corrected chi connectivity index (χ1v) is 14.8. The zero-order valence-corrected chi connectivity index (χ0v) is 25.6. The van der Waals surface area contributed by atoms with Gasteiger partial charge in [0.2, 0.25) is 0 Å². The van der Waals surface area contributed by atoms with Crippen molar-refractivity contribution in [3.05, 3.63) is 76.9 Å².